The number of likely N-dealkylation sites (tertiary alicyclic amines) is 1. The molecular weight excluding hydrogens is 280 g/mol. The lowest BCUT2D eigenvalue weighted by molar-refractivity contribution is -0.136. The van der Waals surface area contributed by atoms with Crippen molar-refractivity contribution in [3.05, 3.63) is 34.9 Å². The molecule has 2 N–H and O–H groups in total. The van der Waals surface area contributed by atoms with Crippen LogP contribution in [-0.2, 0) is 4.79 Å². The number of carbonyl (C=O) groups is 2. The van der Waals surface area contributed by atoms with E-state index in [0.29, 0.717) is 11.6 Å². The Bertz CT molecular complexity index is 490. The monoisotopic (exact) mass is 296 g/mol. The quantitative estimate of drug-likeness (QED) is 0.897. The zero-order valence-corrected chi connectivity index (χ0v) is 11.8. The van der Waals surface area contributed by atoms with E-state index >= 15 is 0 Å². The molecule has 0 aliphatic carbocycles. The van der Waals surface area contributed by atoms with E-state index in [0.717, 1.165) is 18.4 Å². The maximum atomic E-state index is 12.1. The van der Waals surface area contributed by atoms with E-state index in [4.69, 9.17) is 16.7 Å². The molecule has 1 heterocycles. The molecule has 0 saturated carbocycles. The van der Waals surface area contributed by atoms with Crippen LogP contribution in [0.5, 0.6) is 0 Å². The zero-order chi connectivity index (χ0) is 14.5. The summed E-state index contributed by atoms with van der Waals surface area (Å²) in [4.78, 5) is 24.3. The first kappa shape index (κ1) is 14.7. The summed E-state index contributed by atoms with van der Waals surface area (Å²) in [5.41, 5.74) is 1.06. The van der Waals surface area contributed by atoms with Crippen molar-refractivity contribution in [1.29, 1.82) is 0 Å². The summed E-state index contributed by atoms with van der Waals surface area (Å²) in [6.07, 6.45) is 1.79. The van der Waals surface area contributed by atoms with Crippen molar-refractivity contribution in [3.63, 3.8) is 0 Å². The lowest BCUT2D eigenvalue weighted by atomic mass is 10.1. The second-order valence-electron chi connectivity index (χ2n) is 4.78. The van der Waals surface area contributed by atoms with Crippen LogP contribution in [0, 0.1) is 0 Å². The smallest absolute Gasteiger partial charge is 0.317 e. The molecule has 2 amide bonds. The number of halogens is 1. The molecular formula is C14H17ClN2O3. The van der Waals surface area contributed by atoms with Gasteiger partial charge in [-0.25, -0.2) is 4.79 Å². The molecule has 6 heteroatoms. The number of benzene rings is 1. The van der Waals surface area contributed by atoms with Gasteiger partial charge in [0.05, 0.1) is 12.5 Å². The Balaban J connectivity index is 1.98. The summed E-state index contributed by atoms with van der Waals surface area (Å²) in [6, 6.07) is 7.32. The number of carboxylic acids is 1. The normalized spacial score (nSPS) is 18.1. The van der Waals surface area contributed by atoms with Crippen LogP contribution in [0.2, 0.25) is 5.02 Å². The zero-order valence-electron chi connectivity index (χ0n) is 11.0. The Labute approximate surface area is 122 Å². The molecule has 1 atom stereocenters. The molecule has 0 radical (unpaired) electrons. The van der Waals surface area contributed by atoms with E-state index in [1.165, 1.54) is 0 Å². The largest absolute Gasteiger partial charge is 0.481 e. The number of carboxylic acid groups (broad SMARTS) is 1. The van der Waals surface area contributed by atoms with Gasteiger partial charge in [-0.1, -0.05) is 23.7 Å². The molecule has 0 bridgehead atoms. The van der Waals surface area contributed by atoms with Gasteiger partial charge < -0.3 is 15.3 Å². The van der Waals surface area contributed by atoms with Crippen molar-refractivity contribution in [1.82, 2.24) is 10.2 Å². The second kappa shape index (κ2) is 6.61. The highest BCUT2D eigenvalue weighted by atomic mass is 35.5. The van der Waals surface area contributed by atoms with Crippen LogP contribution >= 0.6 is 11.6 Å². The highest BCUT2D eigenvalue weighted by molar-refractivity contribution is 6.30. The van der Waals surface area contributed by atoms with Gasteiger partial charge in [-0.05, 0) is 30.5 Å². The molecule has 1 aliphatic heterocycles. The molecule has 1 aromatic carbocycles. The number of rotatable bonds is 4. The number of hydrogen-bond donors (Lipinski definition) is 2. The number of nitrogens with zero attached hydrogens (tertiary/aromatic N) is 1. The van der Waals surface area contributed by atoms with Crippen LogP contribution in [-0.4, -0.2) is 35.1 Å². The third kappa shape index (κ3) is 3.63. The first-order chi connectivity index (χ1) is 9.58. The fraction of sp³-hybridized carbons (Fsp3) is 0.429. The van der Waals surface area contributed by atoms with Crippen molar-refractivity contribution < 1.29 is 14.7 Å². The predicted molar refractivity (Wildman–Crippen MR) is 75.8 cm³/mol. The molecule has 2 rings (SSSR count). The van der Waals surface area contributed by atoms with Gasteiger partial charge in [0.25, 0.3) is 0 Å². The van der Waals surface area contributed by atoms with Gasteiger partial charge in [-0.15, -0.1) is 0 Å². The topological polar surface area (TPSA) is 69.6 Å². The summed E-state index contributed by atoms with van der Waals surface area (Å²) in [6.45, 7) is 0.838. The van der Waals surface area contributed by atoms with Crippen LogP contribution in [0.15, 0.2) is 24.3 Å². The van der Waals surface area contributed by atoms with Crippen LogP contribution in [0.3, 0.4) is 0 Å². The fourth-order valence-electron chi connectivity index (χ4n) is 2.42. The lowest BCUT2D eigenvalue weighted by Crippen LogP contribution is -2.40. The molecule has 0 aromatic heterocycles. The molecule has 1 aromatic rings. The van der Waals surface area contributed by atoms with E-state index in [1.807, 2.05) is 24.3 Å². The average molecular weight is 297 g/mol. The van der Waals surface area contributed by atoms with Crippen molar-refractivity contribution in [2.75, 3.05) is 13.1 Å². The third-order valence-corrected chi connectivity index (χ3v) is 3.64. The molecule has 1 aliphatic rings. The number of urea groups is 1. The minimum atomic E-state index is -0.916. The standard InChI is InChI=1S/C14H17ClN2O3/c15-11-5-3-10(4-6-11)12-2-1-9-17(12)14(20)16-8-7-13(18)19/h3-6,12H,1-2,7-9H2,(H,16,20)(H,18,19). The Morgan fingerprint density at radius 2 is 2.05 bits per heavy atom. The Kier molecular flexibility index (Phi) is 4.84. The molecule has 1 saturated heterocycles. The Morgan fingerprint density at radius 3 is 2.70 bits per heavy atom. The molecule has 108 valence electrons. The predicted octanol–water partition coefficient (Wildman–Crippen LogP) is 2.66. The van der Waals surface area contributed by atoms with Gasteiger partial charge in [0, 0.05) is 18.1 Å². The first-order valence-electron chi connectivity index (χ1n) is 6.59. The fourth-order valence-corrected chi connectivity index (χ4v) is 2.55. The highest BCUT2D eigenvalue weighted by Gasteiger charge is 2.29. The highest BCUT2D eigenvalue weighted by Crippen LogP contribution is 2.32. The average Bonchev–Trinajstić information content (AvgIpc) is 2.88. The second-order valence-corrected chi connectivity index (χ2v) is 5.22. The lowest BCUT2D eigenvalue weighted by Gasteiger charge is -2.25. The summed E-state index contributed by atoms with van der Waals surface area (Å²) >= 11 is 5.87. The SMILES string of the molecule is O=C(O)CCNC(=O)N1CCCC1c1ccc(Cl)cc1. The number of nitrogens with one attached hydrogen (secondary N) is 1. The van der Waals surface area contributed by atoms with E-state index < -0.39 is 5.97 Å². The maximum absolute atomic E-state index is 12.1. The number of hydrogen-bond acceptors (Lipinski definition) is 2. The minimum absolute atomic E-state index is 0.0390. The van der Waals surface area contributed by atoms with Crippen LogP contribution < -0.4 is 5.32 Å². The summed E-state index contributed by atoms with van der Waals surface area (Å²) in [7, 11) is 0. The van der Waals surface area contributed by atoms with Crippen molar-refractivity contribution >= 4 is 23.6 Å². The number of carbonyl (C=O) groups excluding carboxylic acids is 1. The van der Waals surface area contributed by atoms with Gasteiger partial charge >= 0.3 is 12.0 Å². The van der Waals surface area contributed by atoms with Crippen molar-refractivity contribution in [3.8, 4) is 0 Å². The Morgan fingerprint density at radius 1 is 1.35 bits per heavy atom. The van der Waals surface area contributed by atoms with Crippen molar-refractivity contribution in [2.24, 2.45) is 0 Å². The van der Waals surface area contributed by atoms with Gasteiger partial charge in [-0.3, -0.25) is 4.79 Å². The van der Waals surface area contributed by atoms with Crippen LogP contribution in [0.4, 0.5) is 4.79 Å². The van der Waals surface area contributed by atoms with E-state index in [9.17, 15) is 9.59 Å². The first-order valence-corrected chi connectivity index (χ1v) is 6.97. The van der Waals surface area contributed by atoms with E-state index in [2.05, 4.69) is 5.32 Å². The van der Waals surface area contributed by atoms with Gasteiger partial charge in [0.1, 0.15) is 0 Å². The molecule has 1 fully saturated rings. The number of amides is 2. The maximum Gasteiger partial charge on any atom is 0.317 e. The molecule has 20 heavy (non-hydrogen) atoms. The van der Waals surface area contributed by atoms with E-state index in [1.54, 1.807) is 4.90 Å². The molecule has 0 spiro atoms. The molecule has 5 nitrogen and oxygen atoms in total. The minimum Gasteiger partial charge on any atom is -0.481 e. The van der Waals surface area contributed by atoms with Gasteiger partial charge in [0.15, 0.2) is 0 Å². The summed E-state index contributed by atoms with van der Waals surface area (Å²) < 4.78 is 0. The molecule has 1 unspecified atom stereocenters. The number of aliphatic carboxylic acids is 1. The van der Waals surface area contributed by atoms with Gasteiger partial charge in [0.2, 0.25) is 0 Å². The summed E-state index contributed by atoms with van der Waals surface area (Å²) in [5.74, 6) is -0.916. The summed E-state index contributed by atoms with van der Waals surface area (Å²) in [5, 5.41) is 11.9. The van der Waals surface area contributed by atoms with Crippen molar-refractivity contribution in [2.45, 2.75) is 25.3 Å². The Hall–Kier alpha value is -1.75. The third-order valence-electron chi connectivity index (χ3n) is 3.38. The van der Waals surface area contributed by atoms with Crippen LogP contribution in [0.1, 0.15) is 30.9 Å². The van der Waals surface area contributed by atoms with Crippen LogP contribution in [0.25, 0.3) is 0 Å². The van der Waals surface area contributed by atoms with Gasteiger partial charge in [-0.2, -0.15) is 0 Å². The van der Waals surface area contributed by atoms with E-state index in [-0.39, 0.29) is 25.0 Å².